The Bertz CT molecular complexity index is 556. The van der Waals surface area contributed by atoms with Crippen molar-refractivity contribution in [2.45, 2.75) is 39.0 Å². The highest BCUT2D eigenvalue weighted by molar-refractivity contribution is 5.38. The molecule has 1 N–H and O–H groups in total. The molecular weight excluding hydrogens is 262 g/mol. The molecule has 0 saturated carbocycles. The number of nitrogens with zero attached hydrogens (tertiary/aromatic N) is 4. The van der Waals surface area contributed by atoms with Gasteiger partial charge in [-0.3, -0.25) is 5.10 Å². The van der Waals surface area contributed by atoms with Gasteiger partial charge in [0.2, 0.25) is 0 Å². The minimum absolute atomic E-state index is 0.378. The molecule has 0 aliphatic carbocycles. The summed E-state index contributed by atoms with van der Waals surface area (Å²) in [6.45, 7) is 6.42. The fourth-order valence-corrected chi connectivity index (χ4v) is 2.89. The molecule has 3 heterocycles. The van der Waals surface area contributed by atoms with Gasteiger partial charge in [-0.15, -0.1) is 0 Å². The quantitative estimate of drug-likeness (QED) is 0.938. The van der Waals surface area contributed by atoms with E-state index in [4.69, 9.17) is 4.98 Å². The van der Waals surface area contributed by atoms with Crippen molar-refractivity contribution in [3.8, 4) is 0 Å². The third-order valence-corrected chi connectivity index (χ3v) is 4.18. The minimum Gasteiger partial charge on any atom is -0.356 e. The molecule has 2 aromatic heterocycles. The van der Waals surface area contributed by atoms with Crippen LogP contribution in [-0.4, -0.2) is 33.3 Å². The van der Waals surface area contributed by atoms with Crippen LogP contribution in [0, 0.1) is 5.92 Å². The standard InChI is InChI=1S/C16H23N5/c1-12(2)16-17-7-4-15(19-16)21-9-5-13(6-10-21)11-14-3-8-18-20-14/h3-4,7-8,12-13H,5-6,9-11H2,1-2H3,(H,18,20). The summed E-state index contributed by atoms with van der Waals surface area (Å²) >= 11 is 0. The maximum atomic E-state index is 4.70. The second kappa shape index (κ2) is 6.24. The molecule has 0 amide bonds. The Kier molecular flexibility index (Phi) is 4.18. The zero-order chi connectivity index (χ0) is 14.7. The van der Waals surface area contributed by atoms with Gasteiger partial charge in [-0.1, -0.05) is 13.8 Å². The summed E-state index contributed by atoms with van der Waals surface area (Å²) in [4.78, 5) is 11.4. The molecule has 0 unspecified atom stereocenters. The van der Waals surface area contributed by atoms with Gasteiger partial charge in [0.05, 0.1) is 0 Å². The van der Waals surface area contributed by atoms with Crippen LogP contribution < -0.4 is 4.90 Å². The van der Waals surface area contributed by atoms with E-state index in [1.165, 1.54) is 18.5 Å². The van der Waals surface area contributed by atoms with E-state index < -0.39 is 0 Å². The second-order valence-electron chi connectivity index (χ2n) is 6.14. The zero-order valence-corrected chi connectivity index (χ0v) is 12.8. The highest BCUT2D eigenvalue weighted by Crippen LogP contribution is 2.24. The van der Waals surface area contributed by atoms with Gasteiger partial charge in [-0.25, -0.2) is 9.97 Å². The molecule has 0 spiro atoms. The van der Waals surface area contributed by atoms with Gasteiger partial charge in [-0.05, 0) is 37.3 Å². The number of hydrogen-bond acceptors (Lipinski definition) is 4. The van der Waals surface area contributed by atoms with Gasteiger partial charge < -0.3 is 4.90 Å². The predicted octanol–water partition coefficient (Wildman–Crippen LogP) is 2.78. The fraction of sp³-hybridized carbons (Fsp3) is 0.562. The molecule has 2 aromatic rings. The average Bonchev–Trinajstić information content (AvgIpc) is 3.01. The molecule has 1 aliphatic heterocycles. The van der Waals surface area contributed by atoms with Gasteiger partial charge >= 0.3 is 0 Å². The van der Waals surface area contributed by atoms with E-state index >= 15 is 0 Å². The maximum absolute atomic E-state index is 4.70. The summed E-state index contributed by atoms with van der Waals surface area (Å²) in [5, 5.41) is 7.09. The number of H-pyrrole nitrogens is 1. The SMILES string of the molecule is CC(C)c1nccc(N2CCC(Cc3ccn[nH]3)CC2)n1. The van der Waals surface area contributed by atoms with Crippen molar-refractivity contribution in [3.05, 3.63) is 36.0 Å². The van der Waals surface area contributed by atoms with Crippen molar-refractivity contribution in [2.24, 2.45) is 5.92 Å². The Morgan fingerprint density at radius 1 is 1.24 bits per heavy atom. The first kappa shape index (κ1) is 14.0. The number of nitrogens with one attached hydrogen (secondary N) is 1. The van der Waals surface area contributed by atoms with E-state index in [2.05, 4.69) is 40.0 Å². The van der Waals surface area contributed by atoms with Crippen molar-refractivity contribution in [1.82, 2.24) is 20.2 Å². The molecule has 5 heteroatoms. The van der Waals surface area contributed by atoms with Gasteiger partial charge in [0.1, 0.15) is 11.6 Å². The molecule has 0 atom stereocenters. The lowest BCUT2D eigenvalue weighted by Gasteiger charge is -2.32. The van der Waals surface area contributed by atoms with Crippen LogP contribution in [0.5, 0.6) is 0 Å². The van der Waals surface area contributed by atoms with E-state index in [-0.39, 0.29) is 0 Å². The molecule has 0 bridgehead atoms. The van der Waals surface area contributed by atoms with Crippen molar-refractivity contribution < 1.29 is 0 Å². The topological polar surface area (TPSA) is 57.7 Å². The molecule has 1 aliphatic rings. The molecule has 5 nitrogen and oxygen atoms in total. The highest BCUT2D eigenvalue weighted by atomic mass is 15.2. The van der Waals surface area contributed by atoms with Crippen molar-refractivity contribution in [3.63, 3.8) is 0 Å². The van der Waals surface area contributed by atoms with E-state index in [1.807, 2.05) is 18.5 Å². The summed E-state index contributed by atoms with van der Waals surface area (Å²) in [6, 6.07) is 4.10. The maximum Gasteiger partial charge on any atom is 0.133 e. The lowest BCUT2D eigenvalue weighted by atomic mass is 9.92. The van der Waals surface area contributed by atoms with Crippen molar-refractivity contribution >= 4 is 5.82 Å². The normalized spacial score (nSPS) is 16.6. The second-order valence-corrected chi connectivity index (χ2v) is 6.14. The first-order valence-corrected chi connectivity index (χ1v) is 7.78. The lowest BCUT2D eigenvalue weighted by Crippen LogP contribution is -2.35. The smallest absolute Gasteiger partial charge is 0.133 e. The van der Waals surface area contributed by atoms with Crippen LogP contribution >= 0.6 is 0 Å². The van der Waals surface area contributed by atoms with Crippen LogP contribution in [-0.2, 0) is 6.42 Å². The average molecular weight is 285 g/mol. The van der Waals surface area contributed by atoms with Crippen LogP contribution in [0.1, 0.15) is 44.1 Å². The van der Waals surface area contributed by atoms with Crippen LogP contribution in [0.3, 0.4) is 0 Å². The van der Waals surface area contributed by atoms with E-state index in [0.717, 1.165) is 37.1 Å². The van der Waals surface area contributed by atoms with E-state index in [1.54, 1.807) is 0 Å². The number of rotatable bonds is 4. The molecular formula is C16H23N5. The minimum atomic E-state index is 0.378. The van der Waals surface area contributed by atoms with Crippen molar-refractivity contribution in [2.75, 3.05) is 18.0 Å². The first-order valence-electron chi connectivity index (χ1n) is 7.78. The summed E-state index contributed by atoms with van der Waals surface area (Å²) in [5.74, 6) is 3.14. The number of piperidine rings is 1. The molecule has 3 rings (SSSR count). The van der Waals surface area contributed by atoms with Gasteiger partial charge in [-0.2, -0.15) is 5.10 Å². The first-order chi connectivity index (χ1) is 10.2. The number of aromatic nitrogens is 4. The predicted molar refractivity (Wildman–Crippen MR) is 83.3 cm³/mol. The van der Waals surface area contributed by atoms with E-state index in [9.17, 15) is 0 Å². The van der Waals surface area contributed by atoms with Crippen LogP contribution in [0.4, 0.5) is 5.82 Å². The summed E-state index contributed by atoms with van der Waals surface area (Å²) in [7, 11) is 0. The van der Waals surface area contributed by atoms with Gasteiger partial charge in [0, 0.05) is 37.1 Å². The molecule has 0 radical (unpaired) electrons. The van der Waals surface area contributed by atoms with Crippen molar-refractivity contribution in [1.29, 1.82) is 0 Å². The number of anilines is 1. The van der Waals surface area contributed by atoms with Gasteiger partial charge in [0.25, 0.3) is 0 Å². The third kappa shape index (κ3) is 3.40. The summed E-state index contributed by atoms with van der Waals surface area (Å²) < 4.78 is 0. The molecule has 21 heavy (non-hydrogen) atoms. The molecule has 0 aromatic carbocycles. The Balaban J connectivity index is 1.59. The summed E-state index contributed by atoms with van der Waals surface area (Å²) in [5.41, 5.74) is 1.25. The molecule has 1 fully saturated rings. The zero-order valence-electron chi connectivity index (χ0n) is 12.8. The largest absolute Gasteiger partial charge is 0.356 e. The Labute approximate surface area is 125 Å². The number of hydrogen-bond donors (Lipinski definition) is 1. The van der Waals surface area contributed by atoms with Crippen LogP contribution in [0.25, 0.3) is 0 Å². The fourth-order valence-electron chi connectivity index (χ4n) is 2.89. The van der Waals surface area contributed by atoms with Gasteiger partial charge in [0.15, 0.2) is 0 Å². The molecule has 112 valence electrons. The lowest BCUT2D eigenvalue weighted by molar-refractivity contribution is 0.398. The molecule has 1 saturated heterocycles. The number of aromatic amines is 1. The Morgan fingerprint density at radius 3 is 2.71 bits per heavy atom. The third-order valence-electron chi connectivity index (χ3n) is 4.18. The Hall–Kier alpha value is -1.91. The van der Waals surface area contributed by atoms with Crippen LogP contribution in [0.2, 0.25) is 0 Å². The van der Waals surface area contributed by atoms with E-state index in [0.29, 0.717) is 5.92 Å². The highest BCUT2D eigenvalue weighted by Gasteiger charge is 2.21. The van der Waals surface area contributed by atoms with Crippen LogP contribution in [0.15, 0.2) is 24.5 Å². The summed E-state index contributed by atoms with van der Waals surface area (Å²) in [6.07, 6.45) is 7.24. The monoisotopic (exact) mass is 285 g/mol. The Morgan fingerprint density at radius 2 is 2.05 bits per heavy atom.